The third kappa shape index (κ3) is 3.40. The lowest BCUT2D eigenvalue weighted by Crippen LogP contribution is -1.97. The zero-order chi connectivity index (χ0) is 14.5. The second-order valence-electron chi connectivity index (χ2n) is 3.91. The number of thiophene rings is 1. The normalized spacial score (nSPS) is 10.8. The molecule has 104 valence electrons. The number of benzene rings is 1. The second-order valence-corrected chi connectivity index (χ2v) is 5.66. The van der Waals surface area contributed by atoms with E-state index in [0.29, 0.717) is 21.4 Å². The summed E-state index contributed by atoms with van der Waals surface area (Å²) in [7, 11) is 3.09. The van der Waals surface area contributed by atoms with Crippen molar-refractivity contribution in [1.29, 1.82) is 0 Å². The van der Waals surface area contributed by atoms with Gasteiger partial charge in [-0.15, -0.1) is 11.3 Å². The van der Waals surface area contributed by atoms with Crippen LogP contribution in [-0.2, 0) is 0 Å². The predicted molar refractivity (Wildman–Crippen MR) is 82.2 cm³/mol. The van der Waals surface area contributed by atoms with Gasteiger partial charge in [0.15, 0.2) is 17.3 Å². The number of carbonyl (C=O) groups is 1. The van der Waals surface area contributed by atoms with Gasteiger partial charge in [-0.3, -0.25) is 4.79 Å². The molecule has 3 nitrogen and oxygen atoms in total. The zero-order valence-corrected chi connectivity index (χ0v) is 12.6. The molecule has 20 heavy (non-hydrogen) atoms. The molecule has 2 aromatic rings. The van der Waals surface area contributed by atoms with Gasteiger partial charge in [0.2, 0.25) is 0 Å². The number of ketones is 1. The van der Waals surface area contributed by atoms with Crippen LogP contribution in [0.25, 0.3) is 6.08 Å². The number of hydrogen-bond donors (Lipinski definition) is 0. The standard InChI is InChI=1S/C15H13ClO3S/c1-18-13-7-3-10(9-14(13)19-2)12(17)6-4-11-5-8-15(16)20-11/h3-9H,1-2H3/b6-4+. The third-order valence-corrected chi connectivity index (χ3v) is 3.86. The van der Waals surface area contributed by atoms with E-state index in [2.05, 4.69) is 0 Å². The summed E-state index contributed by atoms with van der Waals surface area (Å²) in [5, 5.41) is 0. The van der Waals surface area contributed by atoms with Crippen LogP contribution in [0.4, 0.5) is 0 Å². The molecule has 5 heteroatoms. The van der Waals surface area contributed by atoms with Crippen LogP contribution in [-0.4, -0.2) is 20.0 Å². The Morgan fingerprint density at radius 3 is 2.50 bits per heavy atom. The summed E-state index contributed by atoms with van der Waals surface area (Å²) >= 11 is 7.26. The smallest absolute Gasteiger partial charge is 0.186 e. The highest BCUT2D eigenvalue weighted by atomic mass is 35.5. The molecule has 1 aromatic heterocycles. The molecule has 0 N–H and O–H groups in total. The van der Waals surface area contributed by atoms with E-state index in [4.69, 9.17) is 21.1 Å². The summed E-state index contributed by atoms with van der Waals surface area (Å²) in [6, 6.07) is 8.74. The number of halogens is 1. The van der Waals surface area contributed by atoms with Gasteiger partial charge in [-0.05, 0) is 42.5 Å². The Bertz CT molecular complexity index is 646. The van der Waals surface area contributed by atoms with Crippen molar-refractivity contribution in [2.24, 2.45) is 0 Å². The van der Waals surface area contributed by atoms with Gasteiger partial charge >= 0.3 is 0 Å². The van der Waals surface area contributed by atoms with Crippen molar-refractivity contribution in [3.8, 4) is 11.5 Å². The molecule has 0 spiro atoms. The van der Waals surface area contributed by atoms with Crippen molar-refractivity contribution >= 4 is 34.8 Å². The molecule has 0 saturated carbocycles. The summed E-state index contributed by atoms with van der Waals surface area (Å²) < 4.78 is 11.0. The highest BCUT2D eigenvalue weighted by Gasteiger charge is 2.08. The molecule has 0 saturated heterocycles. The quantitative estimate of drug-likeness (QED) is 0.610. The lowest BCUT2D eigenvalue weighted by Gasteiger charge is -2.07. The number of allylic oxidation sites excluding steroid dienone is 1. The van der Waals surface area contributed by atoms with Crippen LogP contribution in [0.3, 0.4) is 0 Å². The Labute approximate surface area is 126 Å². The maximum Gasteiger partial charge on any atom is 0.186 e. The van der Waals surface area contributed by atoms with Crippen molar-refractivity contribution in [1.82, 2.24) is 0 Å². The molecule has 0 aliphatic rings. The lowest BCUT2D eigenvalue weighted by atomic mass is 10.1. The van der Waals surface area contributed by atoms with Gasteiger partial charge in [0.05, 0.1) is 18.6 Å². The second kappa shape index (κ2) is 6.59. The van der Waals surface area contributed by atoms with Crippen molar-refractivity contribution in [2.45, 2.75) is 0 Å². The molecular formula is C15H13ClO3S. The Kier molecular flexibility index (Phi) is 4.82. The Morgan fingerprint density at radius 2 is 1.90 bits per heavy atom. The van der Waals surface area contributed by atoms with Crippen molar-refractivity contribution in [3.05, 3.63) is 51.2 Å². The highest BCUT2D eigenvalue weighted by molar-refractivity contribution is 7.17. The first-order valence-corrected chi connectivity index (χ1v) is 7.03. The van der Waals surface area contributed by atoms with Gasteiger partial charge in [-0.2, -0.15) is 0 Å². The predicted octanol–water partition coefficient (Wildman–Crippen LogP) is 4.31. The maximum absolute atomic E-state index is 12.1. The van der Waals surface area contributed by atoms with E-state index >= 15 is 0 Å². The molecule has 1 heterocycles. The molecule has 1 aromatic carbocycles. The molecule has 0 aliphatic heterocycles. The number of carbonyl (C=O) groups excluding carboxylic acids is 1. The zero-order valence-electron chi connectivity index (χ0n) is 11.1. The molecule has 0 bridgehead atoms. The molecule has 0 radical (unpaired) electrons. The molecular weight excluding hydrogens is 296 g/mol. The summed E-state index contributed by atoms with van der Waals surface area (Å²) in [6.07, 6.45) is 3.26. The van der Waals surface area contributed by atoms with E-state index in [1.54, 1.807) is 37.5 Å². The number of hydrogen-bond acceptors (Lipinski definition) is 4. The third-order valence-electron chi connectivity index (χ3n) is 2.66. The van der Waals surface area contributed by atoms with Crippen molar-refractivity contribution in [2.75, 3.05) is 14.2 Å². The lowest BCUT2D eigenvalue weighted by molar-refractivity contribution is 0.104. The molecule has 0 amide bonds. The van der Waals surface area contributed by atoms with Crippen LogP contribution in [0.15, 0.2) is 36.4 Å². The van der Waals surface area contributed by atoms with Crippen LogP contribution in [0, 0.1) is 0 Å². The van der Waals surface area contributed by atoms with Crippen LogP contribution >= 0.6 is 22.9 Å². The number of rotatable bonds is 5. The number of methoxy groups -OCH3 is 2. The Hall–Kier alpha value is -1.78. The molecule has 0 fully saturated rings. The maximum atomic E-state index is 12.1. The fourth-order valence-corrected chi connectivity index (χ4v) is 2.63. The van der Waals surface area contributed by atoms with Crippen LogP contribution < -0.4 is 9.47 Å². The minimum absolute atomic E-state index is 0.101. The van der Waals surface area contributed by atoms with E-state index in [9.17, 15) is 4.79 Å². The Morgan fingerprint density at radius 1 is 1.15 bits per heavy atom. The average molecular weight is 309 g/mol. The monoisotopic (exact) mass is 308 g/mol. The molecule has 0 unspecified atom stereocenters. The fourth-order valence-electron chi connectivity index (χ4n) is 1.66. The first-order chi connectivity index (χ1) is 9.63. The van der Waals surface area contributed by atoms with Crippen LogP contribution in [0.2, 0.25) is 4.34 Å². The van der Waals surface area contributed by atoms with Gasteiger partial charge < -0.3 is 9.47 Å². The summed E-state index contributed by atoms with van der Waals surface area (Å²) in [5.74, 6) is 1.03. The van der Waals surface area contributed by atoms with Crippen LogP contribution in [0.5, 0.6) is 11.5 Å². The fraction of sp³-hybridized carbons (Fsp3) is 0.133. The first kappa shape index (κ1) is 14.6. The summed E-state index contributed by atoms with van der Waals surface area (Å²) in [5.41, 5.74) is 0.543. The summed E-state index contributed by atoms with van der Waals surface area (Å²) in [4.78, 5) is 13.0. The van der Waals surface area contributed by atoms with Crippen LogP contribution in [0.1, 0.15) is 15.2 Å². The first-order valence-electron chi connectivity index (χ1n) is 5.84. The van der Waals surface area contributed by atoms with Crippen molar-refractivity contribution in [3.63, 3.8) is 0 Å². The minimum Gasteiger partial charge on any atom is -0.493 e. The Balaban J connectivity index is 2.19. The van der Waals surface area contributed by atoms with Gasteiger partial charge in [-0.25, -0.2) is 0 Å². The number of ether oxygens (including phenoxy) is 2. The van der Waals surface area contributed by atoms with Gasteiger partial charge in [-0.1, -0.05) is 11.6 Å². The van der Waals surface area contributed by atoms with E-state index in [0.717, 1.165) is 4.88 Å². The molecule has 0 aliphatic carbocycles. The average Bonchev–Trinajstić information content (AvgIpc) is 2.89. The van der Waals surface area contributed by atoms with E-state index in [1.165, 1.54) is 24.5 Å². The van der Waals surface area contributed by atoms with Gasteiger partial charge in [0.1, 0.15) is 0 Å². The van der Waals surface area contributed by atoms with E-state index < -0.39 is 0 Å². The van der Waals surface area contributed by atoms with Crippen molar-refractivity contribution < 1.29 is 14.3 Å². The SMILES string of the molecule is COc1ccc(C(=O)/C=C/c2ccc(Cl)s2)cc1OC. The van der Waals surface area contributed by atoms with Gasteiger partial charge in [0.25, 0.3) is 0 Å². The highest BCUT2D eigenvalue weighted by Crippen LogP contribution is 2.28. The van der Waals surface area contributed by atoms with E-state index in [-0.39, 0.29) is 5.78 Å². The molecule has 2 rings (SSSR count). The molecule has 0 atom stereocenters. The largest absolute Gasteiger partial charge is 0.493 e. The topological polar surface area (TPSA) is 35.5 Å². The van der Waals surface area contributed by atoms with Gasteiger partial charge in [0, 0.05) is 10.4 Å². The summed E-state index contributed by atoms with van der Waals surface area (Å²) in [6.45, 7) is 0. The van der Waals surface area contributed by atoms with E-state index in [1.807, 2.05) is 6.07 Å². The minimum atomic E-state index is -0.101.